The van der Waals surface area contributed by atoms with Gasteiger partial charge in [0.15, 0.2) is 11.6 Å². The number of rotatable bonds is 6. The van der Waals surface area contributed by atoms with Crippen LogP contribution in [0, 0.1) is 0 Å². The maximum Gasteiger partial charge on any atom is 0.494 e. The molecule has 4 aromatic heterocycles. The fourth-order valence-corrected chi connectivity index (χ4v) is 15.9. The molecule has 14 aromatic rings. The van der Waals surface area contributed by atoms with Crippen LogP contribution in [0.25, 0.3) is 119 Å². The van der Waals surface area contributed by atoms with Gasteiger partial charge in [0.2, 0.25) is 0 Å². The lowest BCUT2D eigenvalue weighted by atomic mass is 9.79. The Balaban J connectivity index is 0.000000124. The van der Waals surface area contributed by atoms with Gasteiger partial charge in [-0.05, 0) is 91.8 Å². The van der Waals surface area contributed by atoms with E-state index < -0.39 is 0 Å². The molecule has 1 fully saturated rings. The Labute approximate surface area is 565 Å². The lowest BCUT2D eigenvalue weighted by Crippen LogP contribution is -2.41. The van der Waals surface area contributed by atoms with Crippen LogP contribution in [0.1, 0.15) is 77.6 Å². The van der Waals surface area contributed by atoms with Crippen molar-refractivity contribution in [2.75, 3.05) is 0 Å². The number of benzene rings is 10. The Morgan fingerprint density at radius 1 is 0.341 bits per heavy atom. The molecule has 6 nitrogen and oxygen atoms in total. The van der Waals surface area contributed by atoms with Gasteiger partial charge in [-0.2, -0.15) is 0 Å². The standard InChI is InChI=1S/C37H26N2S.C25H19BrN2.C18H19BO2S.HI/c1-37(2)30-14-8-6-13-29(30)35-33(37)34(38-36(39-35)25-10-4-3-5-11-25)24-18-16-23(17-19-24)26-20-21-28-27-12-7-9-15-31(27)40-32(28)22-26;1-25(2)20-11-7-6-10-19(20)23-21(25)22(16-12-14-18(26)15-13-16)27-24(28-23)17-8-4-3-5-9-17;1-17(2)18(3,4)21-19(20-17)12-9-10-14-13-7-5-6-8-15(13)22-16(14)11-12;/h3-22H,1-2H3;3-15H,1-2H3;5-11H,1-4H3;1H. The second-order valence-electron chi connectivity index (χ2n) is 25.6. The first-order valence-electron chi connectivity index (χ1n) is 30.7. The van der Waals surface area contributed by atoms with Crippen molar-refractivity contribution in [1.82, 2.24) is 19.9 Å². The summed E-state index contributed by atoms with van der Waals surface area (Å²) in [4.78, 5) is 20.5. The predicted octanol–water partition coefficient (Wildman–Crippen LogP) is 22.0. The largest absolute Gasteiger partial charge is 0.494 e. The number of fused-ring (bicyclic) bond motifs is 12. The number of hydrogen-bond donors (Lipinski definition) is 0. The molecular formula is C80H65BBrIN4O2S2. The first-order chi connectivity index (χ1) is 43.5. The molecule has 5 heterocycles. The summed E-state index contributed by atoms with van der Waals surface area (Å²) in [7, 11) is -0.292. The molecule has 91 heavy (non-hydrogen) atoms. The minimum Gasteiger partial charge on any atom is -0.399 e. The molecule has 0 N–H and O–H groups in total. The summed E-state index contributed by atoms with van der Waals surface area (Å²) in [6.45, 7) is 17.5. The Bertz CT molecular complexity index is 5090. The highest BCUT2D eigenvalue weighted by molar-refractivity contribution is 14.0. The fourth-order valence-electron chi connectivity index (χ4n) is 13.3. The smallest absolute Gasteiger partial charge is 0.399 e. The highest BCUT2D eigenvalue weighted by atomic mass is 127. The van der Waals surface area contributed by atoms with Gasteiger partial charge >= 0.3 is 7.12 Å². The molecule has 1 aliphatic heterocycles. The molecule has 1 saturated heterocycles. The molecule has 0 saturated carbocycles. The van der Waals surface area contributed by atoms with Gasteiger partial charge in [-0.3, -0.25) is 0 Å². The third-order valence-electron chi connectivity index (χ3n) is 18.8. The van der Waals surface area contributed by atoms with E-state index in [1.54, 1.807) is 0 Å². The zero-order valence-corrected chi connectivity index (χ0v) is 57.4. The number of hydrogen-bond acceptors (Lipinski definition) is 8. The van der Waals surface area contributed by atoms with Gasteiger partial charge in [-0.25, -0.2) is 19.9 Å². The zero-order chi connectivity index (χ0) is 61.7. The van der Waals surface area contributed by atoms with Crippen LogP contribution in [0.3, 0.4) is 0 Å². The molecule has 17 rings (SSSR count). The van der Waals surface area contributed by atoms with E-state index in [4.69, 9.17) is 29.2 Å². The topological polar surface area (TPSA) is 70.0 Å². The molecule has 446 valence electrons. The lowest BCUT2D eigenvalue weighted by Gasteiger charge is -2.32. The molecule has 0 atom stereocenters. The monoisotopic (exact) mass is 1390 g/mol. The summed E-state index contributed by atoms with van der Waals surface area (Å²) in [5.74, 6) is 1.53. The van der Waals surface area contributed by atoms with E-state index in [1.165, 1.54) is 84.9 Å². The molecule has 3 aliphatic rings. The van der Waals surface area contributed by atoms with E-state index in [1.807, 2.05) is 59.1 Å². The summed E-state index contributed by atoms with van der Waals surface area (Å²) >= 11 is 7.23. The molecule has 0 spiro atoms. The van der Waals surface area contributed by atoms with Crippen LogP contribution >= 0.6 is 62.6 Å². The highest BCUT2D eigenvalue weighted by Crippen LogP contribution is 2.53. The van der Waals surface area contributed by atoms with Crippen LogP contribution < -0.4 is 5.46 Å². The second kappa shape index (κ2) is 23.6. The molecule has 0 unspecified atom stereocenters. The molecule has 10 aromatic carbocycles. The van der Waals surface area contributed by atoms with Crippen molar-refractivity contribution in [2.45, 2.75) is 77.4 Å². The number of thiophene rings is 2. The maximum atomic E-state index is 6.16. The molecule has 0 bridgehead atoms. The van der Waals surface area contributed by atoms with Gasteiger partial charge in [0, 0.05) is 100 Å². The minimum atomic E-state index is -0.299. The molecule has 0 radical (unpaired) electrons. The Hall–Kier alpha value is -8.01. The quantitative estimate of drug-likeness (QED) is 0.122. The van der Waals surface area contributed by atoms with E-state index in [0.29, 0.717) is 0 Å². The first-order valence-corrected chi connectivity index (χ1v) is 33.1. The summed E-state index contributed by atoms with van der Waals surface area (Å²) in [6, 6.07) is 85.6. The van der Waals surface area contributed by atoms with Gasteiger partial charge in [-0.1, -0.05) is 250 Å². The highest BCUT2D eigenvalue weighted by Gasteiger charge is 2.52. The van der Waals surface area contributed by atoms with Gasteiger partial charge < -0.3 is 9.31 Å². The van der Waals surface area contributed by atoms with Crippen LogP contribution in [-0.2, 0) is 20.1 Å². The normalized spacial score (nSPS) is 15.0. The van der Waals surface area contributed by atoms with Crippen LogP contribution in [0.2, 0.25) is 0 Å². The summed E-state index contributed by atoms with van der Waals surface area (Å²) in [5.41, 5.74) is 18.4. The van der Waals surface area contributed by atoms with Gasteiger partial charge in [0.25, 0.3) is 0 Å². The number of nitrogens with zero attached hydrogens (tertiary/aromatic N) is 4. The maximum absolute atomic E-state index is 6.16. The average Bonchev–Trinajstić information content (AvgIpc) is 1.59. The van der Waals surface area contributed by atoms with Crippen molar-refractivity contribution in [3.8, 4) is 78.9 Å². The predicted molar refractivity (Wildman–Crippen MR) is 397 cm³/mol. The van der Waals surface area contributed by atoms with Crippen molar-refractivity contribution in [2.24, 2.45) is 0 Å². The Morgan fingerprint density at radius 2 is 0.714 bits per heavy atom. The van der Waals surface area contributed by atoms with Gasteiger partial charge in [-0.15, -0.1) is 46.7 Å². The van der Waals surface area contributed by atoms with E-state index in [2.05, 4.69) is 278 Å². The molecular weight excluding hydrogens is 1330 g/mol. The average molecular weight is 1400 g/mol. The molecule has 11 heteroatoms. The van der Waals surface area contributed by atoms with E-state index >= 15 is 0 Å². The van der Waals surface area contributed by atoms with E-state index in [9.17, 15) is 0 Å². The third-order valence-corrected chi connectivity index (χ3v) is 21.6. The van der Waals surface area contributed by atoms with Crippen molar-refractivity contribution in [1.29, 1.82) is 0 Å². The van der Waals surface area contributed by atoms with Crippen molar-refractivity contribution in [3.05, 3.63) is 269 Å². The van der Waals surface area contributed by atoms with Crippen molar-refractivity contribution in [3.63, 3.8) is 0 Å². The van der Waals surface area contributed by atoms with Crippen molar-refractivity contribution < 1.29 is 9.31 Å². The van der Waals surface area contributed by atoms with Gasteiger partial charge in [0.05, 0.1) is 34.0 Å². The van der Waals surface area contributed by atoms with E-state index in [0.717, 1.165) is 66.6 Å². The third kappa shape index (κ3) is 10.7. The minimum absolute atomic E-state index is 0. The van der Waals surface area contributed by atoms with Crippen LogP contribution in [0.4, 0.5) is 0 Å². The van der Waals surface area contributed by atoms with Gasteiger partial charge in [0.1, 0.15) is 0 Å². The molecule has 0 amide bonds. The number of aromatic nitrogens is 4. The first kappa shape index (κ1) is 60.6. The van der Waals surface area contributed by atoms with Crippen LogP contribution in [-0.4, -0.2) is 38.3 Å². The SMILES string of the molecule is CC1(C)OB(c2ccc3c(c2)sc2ccccc23)OC1(C)C.CC1(C)c2ccccc2-c2nc(-c3ccccc3)nc(-c3ccc(-c4ccc5c(c4)sc4ccccc45)cc3)c21.CC1(C)c2ccccc2-c2nc(-c3ccccc3)nc(-c3ccc(Br)cc3)c21.I. The number of halogens is 2. The Morgan fingerprint density at radius 3 is 1.21 bits per heavy atom. The Kier molecular flexibility index (Phi) is 15.7. The second-order valence-corrected chi connectivity index (χ2v) is 28.7. The van der Waals surface area contributed by atoms with E-state index in [-0.39, 0.29) is 53.1 Å². The van der Waals surface area contributed by atoms with Crippen LogP contribution in [0.15, 0.2) is 247 Å². The zero-order valence-electron chi connectivity index (χ0n) is 51.9. The van der Waals surface area contributed by atoms with Crippen LogP contribution in [0.5, 0.6) is 0 Å². The molecule has 2 aliphatic carbocycles. The summed E-state index contributed by atoms with van der Waals surface area (Å²) in [5, 5.41) is 5.29. The van der Waals surface area contributed by atoms with Crippen molar-refractivity contribution >= 4 is 116 Å². The summed E-state index contributed by atoms with van der Waals surface area (Å²) < 4.78 is 18.6. The summed E-state index contributed by atoms with van der Waals surface area (Å²) in [6.07, 6.45) is 0. The lowest BCUT2D eigenvalue weighted by molar-refractivity contribution is 0.00578. The fraction of sp³-hybridized carbons (Fsp3) is 0.150.